The largest absolute Gasteiger partial charge is 0.462 e. The third kappa shape index (κ3) is 7.76. The van der Waals surface area contributed by atoms with Gasteiger partial charge in [-0.3, -0.25) is 4.79 Å². The van der Waals surface area contributed by atoms with Crippen LogP contribution in [0.3, 0.4) is 0 Å². The van der Waals surface area contributed by atoms with E-state index in [9.17, 15) is 4.79 Å². The first-order valence-electron chi connectivity index (χ1n) is 7.88. The first-order valence-corrected chi connectivity index (χ1v) is 7.88. The lowest BCUT2D eigenvalue weighted by molar-refractivity contribution is -0.155. The summed E-state index contributed by atoms with van der Waals surface area (Å²) in [7, 11) is 0. The lowest BCUT2D eigenvalue weighted by Crippen LogP contribution is -2.54. The van der Waals surface area contributed by atoms with E-state index in [1.165, 1.54) is 0 Å². The normalized spacial score (nSPS) is 16.5. The van der Waals surface area contributed by atoms with Gasteiger partial charge in [0.1, 0.15) is 12.1 Å². The minimum atomic E-state index is -0.735. The van der Waals surface area contributed by atoms with Crippen molar-refractivity contribution in [2.45, 2.75) is 44.6 Å². The van der Waals surface area contributed by atoms with Crippen LogP contribution in [0.25, 0.3) is 0 Å². The maximum absolute atomic E-state index is 11.6. The SMILES string of the molecule is CCCCOCCOCCOCCOC(=O)C1(N)CCC1. The third-order valence-electron chi connectivity index (χ3n) is 3.50. The fraction of sp³-hybridized carbons (Fsp3) is 0.933. The summed E-state index contributed by atoms with van der Waals surface area (Å²) in [6.45, 7) is 5.76. The summed E-state index contributed by atoms with van der Waals surface area (Å²) in [6, 6.07) is 0. The van der Waals surface area contributed by atoms with Gasteiger partial charge in [0.05, 0.1) is 33.0 Å². The number of ether oxygens (including phenoxy) is 4. The Morgan fingerprint density at radius 3 is 1.95 bits per heavy atom. The molecule has 1 aliphatic carbocycles. The van der Waals surface area contributed by atoms with E-state index >= 15 is 0 Å². The summed E-state index contributed by atoms with van der Waals surface area (Å²) < 4.78 is 21.1. The van der Waals surface area contributed by atoms with Crippen molar-refractivity contribution >= 4 is 5.97 Å². The average Bonchev–Trinajstić information content (AvgIpc) is 2.45. The van der Waals surface area contributed by atoms with Crippen LogP contribution >= 0.6 is 0 Å². The summed E-state index contributed by atoms with van der Waals surface area (Å²) >= 11 is 0. The van der Waals surface area contributed by atoms with E-state index in [1.807, 2.05) is 0 Å². The Morgan fingerprint density at radius 1 is 0.952 bits per heavy atom. The predicted octanol–water partition coefficient (Wildman–Crippen LogP) is 1.26. The van der Waals surface area contributed by atoms with E-state index in [2.05, 4.69) is 6.92 Å². The lowest BCUT2D eigenvalue weighted by atomic mass is 9.78. The molecule has 124 valence electrons. The van der Waals surface area contributed by atoms with Gasteiger partial charge < -0.3 is 24.7 Å². The first-order chi connectivity index (χ1) is 10.2. The number of hydrogen-bond donors (Lipinski definition) is 1. The molecule has 0 aromatic heterocycles. The smallest absolute Gasteiger partial charge is 0.326 e. The van der Waals surface area contributed by atoms with E-state index < -0.39 is 5.54 Å². The Morgan fingerprint density at radius 2 is 1.48 bits per heavy atom. The molecule has 21 heavy (non-hydrogen) atoms. The fourth-order valence-electron chi connectivity index (χ4n) is 1.89. The van der Waals surface area contributed by atoms with Crippen molar-refractivity contribution in [3.63, 3.8) is 0 Å². The van der Waals surface area contributed by atoms with Gasteiger partial charge in [0, 0.05) is 6.61 Å². The lowest BCUT2D eigenvalue weighted by Gasteiger charge is -2.34. The number of hydrogen-bond acceptors (Lipinski definition) is 6. The summed E-state index contributed by atoms with van der Waals surface area (Å²) in [5.41, 5.74) is 5.10. The van der Waals surface area contributed by atoms with E-state index in [0.29, 0.717) is 33.0 Å². The van der Waals surface area contributed by atoms with Crippen LogP contribution < -0.4 is 5.73 Å². The van der Waals surface area contributed by atoms with Gasteiger partial charge in [-0.1, -0.05) is 13.3 Å². The molecule has 0 bridgehead atoms. The van der Waals surface area contributed by atoms with Gasteiger partial charge in [0.25, 0.3) is 0 Å². The predicted molar refractivity (Wildman–Crippen MR) is 79.1 cm³/mol. The second kappa shape index (κ2) is 11.0. The molecule has 6 nitrogen and oxygen atoms in total. The number of carbonyl (C=O) groups excluding carboxylic acids is 1. The average molecular weight is 303 g/mol. The van der Waals surface area contributed by atoms with Crippen molar-refractivity contribution in [3.05, 3.63) is 0 Å². The highest BCUT2D eigenvalue weighted by Crippen LogP contribution is 2.29. The van der Waals surface area contributed by atoms with Gasteiger partial charge >= 0.3 is 5.97 Å². The highest BCUT2D eigenvalue weighted by molar-refractivity contribution is 5.81. The zero-order chi connectivity index (χ0) is 15.4. The van der Waals surface area contributed by atoms with Gasteiger partial charge in [-0.15, -0.1) is 0 Å². The van der Waals surface area contributed by atoms with Gasteiger partial charge in [-0.05, 0) is 25.7 Å². The van der Waals surface area contributed by atoms with Crippen LogP contribution in [0.5, 0.6) is 0 Å². The van der Waals surface area contributed by atoms with Crippen LogP contribution in [0.1, 0.15) is 39.0 Å². The molecule has 1 saturated carbocycles. The highest BCUT2D eigenvalue weighted by atomic mass is 16.6. The number of carbonyl (C=O) groups is 1. The van der Waals surface area contributed by atoms with Crippen molar-refractivity contribution < 1.29 is 23.7 Å². The van der Waals surface area contributed by atoms with Crippen molar-refractivity contribution in [1.82, 2.24) is 0 Å². The molecule has 0 unspecified atom stereocenters. The Kier molecular flexibility index (Phi) is 9.58. The highest BCUT2D eigenvalue weighted by Gasteiger charge is 2.41. The first kappa shape index (κ1) is 18.4. The Hall–Kier alpha value is -0.690. The molecule has 6 heteroatoms. The summed E-state index contributed by atoms with van der Waals surface area (Å²) in [6.07, 6.45) is 4.68. The zero-order valence-electron chi connectivity index (χ0n) is 13.1. The second-order valence-corrected chi connectivity index (χ2v) is 5.34. The Labute approximate surface area is 127 Å². The van der Waals surface area contributed by atoms with Crippen molar-refractivity contribution in [3.8, 4) is 0 Å². The summed E-state index contributed by atoms with van der Waals surface area (Å²) in [5, 5.41) is 0. The van der Waals surface area contributed by atoms with Gasteiger partial charge in [-0.2, -0.15) is 0 Å². The standard InChI is InChI=1S/C15H29NO5/c1-2-3-7-18-8-9-19-10-11-20-12-13-21-14(17)15(16)5-4-6-15/h2-13,16H2,1H3. The monoisotopic (exact) mass is 303 g/mol. The Bertz CT molecular complexity index is 281. The molecule has 1 fully saturated rings. The van der Waals surface area contributed by atoms with E-state index in [-0.39, 0.29) is 12.6 Å². The van der Waals surface area contributed by atoms with E-state index in [4.69, 9.17) is 24.7 Å². The molecule has 0 heterocycles. The van der Waals surface area contributed by atoms with E-state index in [0.717, 1.165) is 38.7 Å². The molecular weight excluding hydrogens is 274 g/mol. The molecule has 0 radical (unpaired) electrons. The second-order valence-electron chi connectivity index (χ2n) is 5.34. The molecule has 1 aliphatic rings. The van der Waals surface area contributed by atoms with Crippen molar-refractivity contribution in [2.75, 3.05) is 46.2 Å². The molecule has 0 amide bonds. The molecule has 0 aromatic rings. The molecule has 0 spiro atoms. The summed E-state index contributed by atoms with van der Waals surface area (Å²) in [4.78, 5) is 11.6. The number of unbranched alkanes of at least 4 members (excludes halogenated alkanes) is 1. The van der Waals surface area contributed by atoms with Crippen LogP contribution in [-0.4, -0.2) is 57.8 Å². The zero-order valence-corrected chi connectivity index (χ0v) is 13.1. The fourth-order valence-corrected chi connectivity index (χ4v) is 1.89. The number of rotatable bonds is 13. The minimum Gasteiger partial charge on any atom is -0.462 e. The van der Waals surface area contributed by atoms with Gasteiger partial charge in [-0.25, -0.2) is 0 Å². The molecule has 0 atom stereocenters. The van der Waals surface area contributed by atoms with E-state index in [1.54, 1.807) is 0 Å². The van der Waals surface area contributed by atoms with Gasteiger partial charge in [0.2, 0.25) is 0 Å². The summed E-state index contributed by atoms with van der Waals surface area (Å²) in [5.74, 6) is -0.308. The van der Waals surface area contributed by atoms with Crippen LogP contribution in [0, 0.1) is 0 Å². The molecular formula is C15H29NO5. The molecule has 2 N–H and O–H groups in total. The van der Waals surface area contributed by atoms with Crippen LogP contribution in [0.2, 0.25) is 0 Å². The molecule has 1 rings (SSSR count). The quantitative estimate of drug-likeness (QED) is 0.407. The number of esters is 1. The van der Waals surface area contributed by atoms with Crippen LogP contribution in [-0.2, 0) is 23.7 Å². The minimum absolute atomic E-state index is 0.248. The van der Waals surface area contributed by atoms with Crippen molar-refractivity contribution in [2.24, 2.45) is 5.73 Å². The Balaban J connectivity index is 1.77. The third-order valence-corrected chi connectivity index (χ3v) is 3.50. The number of nitrogens with two attached hydrogens (primary N) is 1. The molecule has 0 saturated heterocycles. The maximum Gasteiger partial charge on any atom is 0.326 e. The molecule has 0 aromatic carbocycles. The van der Waals surface area contributed by atoms with Crippen LogP contribution in [0.15, 0.2) is 0 Å². The van der Waals surface area contributed by atoms with Crippen LogP contribution in [0.4, 0.5) is 0 Å². The maximum atomic E-state index is 11.6. The molecule has 0 aliphatic heterocycles. The topological polar surface area (TPSA) is 80.0 Å². The van der Waals surface area contributed by atoms with Gasteiger partial charge in [0.15, 0.2) is 0 Å². The van der Waals surface area contributed by atoms with Crippen molar-refractivity contribution in [1.29, 1.82) is 0 Å².